The second kappa shape index (κ2) is 5.52. The molecule has 1 aliphatic heterocycles. The molecule has 0 aliphatic carbocycles. The Hall–Kier alpha value is -1.06. The minimum absolute atomic E-state index is 0.107. The Morgan fingerprint density at radius 3 is 2.47 bits per heavy atom. The van der Waals surface area contributed by atoms with Crippen molar-refractivity contribution < 1.29 is 14.7 Å². The zero-order chi connectivity index (χ0) is 13.1. The zero-order valence-electron chi connectivity index (χ0n) is 11.0. The summed E-state index contributed by atoms with van der Waals surface area (Å²) in [6, 6.07) is 0. The van der Waals surface area contributed by atoms with Crippen LogP contribution in [0.3, 0.4) is 0 Å². The predicted molar refractivity (Wildman–Crippen MR) is 65.6 cm³/mol. The molecular formula is C13H23NO3. The van der Waals surface area contributed by atoms with Crippen molar-refractivity contribution in [2.24, 2.45) is 11.3 Å². The van der Waals surface area contributed by atoms with Crippen molar-refractivity contribution in [3.63, 3.8) is 0 Å². The summed E-state index contributed by atoms with van der Waals surface area (Å²) in [4.78, 5) is 24.9. The van der Waals surface area contributed by atoms with Gasteiger partial charge in [-0.15, -0.1) is 0 Å². The number of nitrogens with zero attached hydrogens (tertiary/aromatic N) is 1. The van der Waals surface area contributed by atoms with E-state index in [-0.39, 0.29) is 5.91 Å². The minimum Gasteiger partial charge on any atom is -0.481 e. The first kappa shape index (κ1) is 14.0. The molecule has 17 heavy (non-hydrogen) atoms. The molecule has 0 aromatic rings. The molecule has 1 saturated heterocycles. The molecule has 0 radical (unpaired) electrons. The molecule has 0 spiro atoms. The maximum Gasteiger partial charge on any atom is 0.311 e. The predicted octanol–water partition coefficient (Wildman–Crippen LogP) is 2.14. The molecule has 1 rings (SSSR count). The average Bonchev–Trinajstić information content (AvgIpc) is 2.71. The van der Waals surface area contributed by atoms with Crippen LogP contribution in [0.5, 0.6) is 0 Å². The van der Waals surface area contributed by atoms with Gasteiger partial charge in [0.25, 0.3) is 0 Å². The molecule has 1 aliphatic rings. The van der Waals surface area contributed by atoms with Crippen LogP contribution in [-0.4, -0.2) is 35.0 Å². The molecule has 4 nitrogen and oxygen atoms in total. The van der Waals surface area contributed by atoms with Gasteiger partial charge in [-0.2, -0.15) is 0 Å². The van der Waals surface area contributed by atoms with E-state index in [0.29, 0.717) is 38.3 Å². The first-order chi connectivity index (χ1) is 7.91. The maximum atomic E-state index is 11.9. The van der Waals surface area contributed by atoms with E-state index >= 15 is 0 Å². The third kappa shape index (κ3) is 3.20. The molecule has 1 atom stereocenters. The maximum absolute atomic E-state index is 11.9. The van der Waals surface area contributed by atoms with E-state index in [1.807, 2.05) is 6.92 Å². The lowest BCUT2D eigenvalue weighted by Crippen LogP contribution is -2.36. The first-order valence-corrected chi connectivity index (χ1v) is 6.42. The highest BCUT2D eigenvalue weighted by Gasteiger charge is 2.44. The smallest absolute Gasteiger partial charge is 0.311 e. The van der Waals surface area contributed by atoms with Gasteiger partial charge in [-0.05, 0) is 25.2 Å². The fourth-order valence-corrected chi connectivity index (χ4v) is 2.27. The summed E-state index contributed by atoms with van der Waals surface area (Å²) in [5.41, 5.74) is -0.701. The zero-order valence-corrected chi connectivity index (χ0v) is 11.0. The molecule has 0 saturated carbocycles. The third-order valence-corrected chi connectivity index (χ3v) is 3.77. The van der Waals surface area contributed by atoms with Gasteiger partial charge in [0, 0.05) is 19.5 Å². The summed E-state index contributed by atoms with van der Waals surface area (Å²) in [7, 11) is 0. The van der Waals surface area contributed by atoms with E-state index in [0.717, 1.165) is 6.42 Å². The second-order valence-corrected chi connectivity index (χ2v) is 5.44. The van der Waals surface area contributed by atoms with Crippen LogP contribution in [0.1, 0.15) is 46.5 Å². The van der Waals surface area contributed by atoms with E-state index in [1.54, 1.807) is 4.90 Å². The lowest BCUT2D eigenvalue weighted by atomic mass is 9.84. The number of hydrogen-bond donors (Lipinski definition) is 1. The van der Waals surface area contributed by atoms with Crippen molar-refractivity contribution in [2.75, 3.05) is 13.1 Å². The molecule has 1 unspecified atom stereocenters. The van der Waals surface area contributed by atoms with Crippen LogP contribution < -0.4 is 0 Å². The number of carboxylic acid groups (broad SMARTS) is 1. The summed E-state index contributed by atoms with van der Waals surface area (Å²) in [5, 5.41) is 9.24. The van der Waals surface area contributed by atoms with E-state index in [1.165, 1.54) is 0 Å². The van der Waals surface area contributed by atoms with Crippen molar-refractivity contribution in [1.82, 2.24) is 4.90 Å². The Morgan fingerprint density at radius 1 is 1.41 bits per heavy atom. The van der Waals surface area contributed by atoms with Crippen molar-refractivity contribution >= 4 is 11.9 Å². The van der Waals surface area contributed by atoms with Gasteiger partial charge in [-0.1, -0.05) is 20.8 Å². The normalized spacial score (nSPS) is 24.4. The van der Waals surface area contributed by atoms with Gasteiger partial charge in [0.15, 0.2) is 0 Å². The number of amides is 1. The number of aliphatic carboxylic acids is 1. The molecule has 1 N–H and O–H groups in total. The van der Waals surface area contributed by atoms with E-state index in [4.69, 9.17) is 0 Å². The first-order valence-electron chi connectivity index (χ1n) is 6.42. The number of carbonyl (C=O) groups is 2. The standard InChI is InChI=1S/C13H23NO3/c1-4-13(12(16)17)7-8-14(9-13)11(15)6-5-10(2)3/h10H,4-9H2,1-3H3,(H,16,17). The van der Waals surface area contributed by atoms with Gasteiger partial charge in [-0.25, -0.2) is 0 Å². The van der Waals surface area contributed by atoms with E-state index in [2.05, 4.69) is 13.8 Å². The van der Waals surface area contributed by atoms with Crippen LogP contribution in [0.25, 0.3) is 0 Å². The van der Waals surface area contributed by atoms with Crippen LogP contribution in [-0.2, 0) is 9.59 Å². The van der Waals surface area contributed by atoms with Crippen molar-refractivity contribution in [1.29, 1.82) is 0 Å². The molecule has 4 heteroatoms. The second-order valence-electron chi connectivity index (χ2n) is 5.44. The van der Waals surface area contributed by atoms with Gasteiger partial charge >= 0.3 is 5.97 Å². The lowest BCUT2D eigenvalue weighted by Gasteiger charge is -2.23. The number of hydrogen-bond acceptors (Lipinski definition) is 2. The Kier molecular flexibility index (Phi) is 4.54. The number of rotatable bonds is 5. The fraction of sp³-hybridized carbons (Fsp3) is 0.846. The van der Waals surface area contributed by atoms with Gasteiger partial charge in [0.05, 0.1) is 5.41 Å². The van der Waals surface area contributed by atoms with Crippen molar-refractivity contribution in [3.8, 4) is 0 Å². The molecule has 0 aromatic heterocycles. The Balaban J connectivity index is 2.54. The van der Waals surface area contributed by atoms with Crippen LogP contribution in [0.4, 0.5) is 0 Å². The SMILES string of the molecule is CCC1(C(=O)O)CCN(C(=O)CCC(C)C)C1. The number of carbonyl (C=O) groups excluding carboxylic acids is 1. The highest BCUT2D eigenvalue weighted by molar-refractivity contribution is 5.80. The quantitative estimate of drug-likeness (QED) is 0.802. The van der Waals surface area contributed by atoms with E-state index in [9.17, 15) is 14.7 Å². The third-order valence-electron chi connectivity index (χ3n) is 3.77. The summed E-state index contributed by atoms with van der Waals surface area (Å²) in [6.45, 7) is 7.04. The highest BCUT2D eigenvalue weighted by atomic mass is 16.4. The van der Waals surface area contributed by atoms with Gasteiger partial charge < -0.3 is 10.0 Å². The molecule has 0 aromatic carbocycles. The number of likely N-dealkylation sites (tertiary alicyclic amines) is 1. The van der Waals surface area contributed by atoms with Crippen LogP contribution in [0.15, 0.2) is 0 Å². The van der Waals surface area contributed by atoms with Crippen LogP contribution in [0.2, 0.25) is 0 Å². The number of carboxylic acids is 1. The summed E-state index contributed by atoms with van der Waals surface area (Å²) in [6.07, 6.45) is 2.60. The van der Waals surface area contributed by atoms with E-state index < -0.39 is 11.4 Å². The Morgan fingerprint density at radius 2 is 2.06 bits per heavy atom. The largest absolute Gasteiger partial charge is 0.481 e. The summed E-state index contributed by atoms with van der Waals surface area (Å²) < 4.78 is 0. The van der Waals surface area contributed by atoms with Crippen LogP contribution in [0, 0.1) is 11.3 Å². The molecule has 1 heterocycles. The van der Waals surface area contributed by atoms with Gasteiger partial charge in [0.1, 0.15) is 0 Å². The topological polar surface area (TPSA) is 57.6 Å². The molecule has 98 valence electrons. The molecule has 1 amide bonds. The summed E-state index contributed by atoms with van der Waals surface area (Å²) in [5.74, 6) is -0.147. The minimum atomic E-state index is -0.765. The van der Waals surface area contributed by atoms with Gasteiger partial charge in [0.2, 0.25) is 5.91 Å². The molecule has 1 fully saturated rings. The Labute approximate surface area is 103 Å². The molecule has 0 bridgehead atoms. The Bertz CT molecular complexity index is 301. The molecular weight excluding hydrogens is 218 g/mol. The van der Waals surface area contributed by atoms with Crippen molar-refractivity contribution in [2.45, 2.75) is 46.5 Å². The summed E-state index contributed by atoms with van der Waals surface area (Å²) >= 11 is 0. The fourth-order valence-electron chi connectivity index (χ4n) is 2.27. The average molecular weight is 241 g/mol. The monoisotopic (exact) mass is 241 g/mol. The van der Waals surface area contributed by atoms with Crippen LogP contribution >= 0.6 is 0 Å². The van der Waals surface area contributed by atoms with Gasteiger partial charge in [-0.3, -0.25) is 9.59 Å². The lowest BCUT2D eigenvalue weighted by molar-refractivity contribution is -0.148. The highest BCUT2D eigenvalue weighted by Crippen LogP contribution is 2.34. The van der Waals surface area contributed by atoms with Crippen molar-refractivity contribution in [3.05, 3.63) is 0 Å².